The Morgan fingerprint density at radius 2 is 2.00 bits per heavy atom. The second kappa shape index (κ2) is 11.4. The number of hydrogen-bond donors (Lipinski definition) is 2. The van der Waals surface area contributed by atoms with Crippen LogP contribution >= 0.6 is 0 Å². The van der Waals surface area contributed by atoms with Crippen molar-refractivity contribution in [1.29, 1.82) is 5.26 Å². The zero-order valence-electron chi connectivity index (χ0n) is 21.0. The van der Waals surface area contributed by atoms with E-state index >= 15 is 0 Å². The molecule has 5 rings (SSSR count). The highest BCUT2D eigenvalue weighted by atomic mass is 16.5. The highest BCUT2D eigenvalue weighted by Crippen LogP contribution is 2.22. The van der Waals surface area contributed by atoms with E-state index in [1.807, 2.05) is 0 Å². The van der Waals surface area contributed by atoms with Crippen molar-refractivity contribution >= 4 is 23.2 Å². The molecule has 2 aliphatic rings. The molecule has 1 atom stereocenters. The van der Waals surface area contributed by atoms with Crippen LogP contribution in [0.15, 0.2) is 36.7 Å². The Balaban J connectivity index is 1.30. The van der Waals surface area contributed by atoms with Crippen LogP contribution in [0.4, 0.5) is 11.4 Å². The van der Waals surface area contributed by atoms with Crippen LogP contribution < -0.4 is 15.5 Å². The number of anilines is 2. The third-order valence-electron chi connectivity index (χ3n) is 6.49. The lowest BCUT2D eigenvalue weighted by molar-refractivity contribution is 0.0853. The largest absolute Gasteiger partial charge is 0.378 e. The van der Waals surface area contributed by atoms with E-state index < -0.39 is 0 Å². The van der Waals surface area contributed by atoms with Gasteiger partial charge in [0.2, 0.25) is 0 Å². The molecule has 0 saturated carbocycles. The minimum Gasteiger partial charge on any atom is -0.378 e. The summed E-state index contributed by atoms with van der Waals surface area (Å²) in [7, 11) is 0. The van der Waals surface area contributed by atoms with Gasteiger partial charge in [-0.15, -0.1) is 5.10 Å². The Kier molecular flexibility index (Phi) is 7.57. The number of carbonyl (C=O) groups is 2. The van der Waals surface area contributed by atoms with Gasteiger partial charge in [-0.05, 0) is 44.0 Å². The SMILES string of the molecule is Cc1ncc(NC(=O)c2cc(C#N)cc(N3CCOCC3)c2)cc1-n1cc(C(=O)NCC2CCCO2)nn1. The first-order chi connectivity index (χ1) is 18.5. The van der Waals surface area contributed by atoms with Crippen LogP contribution in [0.25, 0.3) is 5.69 Å². The molecule has 0 aliphatic carbocycles. The average molecular weight is 517 g/mol. The van der Waals surface area contributed by atoms with Gasteiger partial charge >= 0.3 is 0 Å². The molecule has 2 fully saturated rings. The van der Waals surface area contributed by atoms with Crippen LogP contribution in [0.5, 0.6) is 0 Å². The molecule has 2 aromatic heterocycles. The van der Waals surface area contributed by atoms with Gasteiger partial charge in [0.05, 0.1) is 60.4 Å². The average Bonchev–Trinajstić information content (AvgIpc) is 3.66. The van der Waals surface area contributed by atoms with Crippen LogP contribution in [0.2, 0.25) is 0 Å². The summed E-state index contributed by atoms with van der Waals surface area (Å²) in [4.78, 5) is 32.1. The van der Waals surface area contributed by atoms with E-state index in [0.717, 1.165) is 18.5 Å². The Hall–Kier alpha value is -4.34. The molecular formula is C26H28N8O4. The predicted octanol–water partition coefficient (Wildman–Crippen LogP) is 1.84. The Bertz CT molecular complexity index is 1370. The van der Waals surface area contributed by atoms with E-state index in [2.05, 4.69) is 36.9 Å². The minimum atomic E-state index is -0.374. The van der Waals surface area contributed by atoms with E-state index in [1.165, 1.54) is 10.9 Å². The molecule has 0 spiro atoms. The molecule has 0 bridgehead atoms. The van der Waals surface area contributed by atoms with Gasteiger partial charge in [-0.2, -0.15) is 5.26 Å². The molecule has 0 radical (unpaired) electrons. The minimum absolute atomic E-state index is 0.0273. The van der Waals surface area contributed by atoms with Gasteiger partial charge in [-0.25, -0.2) is 4.68 Å². The van der Waals surface area contributed by atoms with E-state index in [4.69, 9.17) is 9.47 Å². The first-order valence-electron chi connectivity index (χ1n) is 12.5. The number of morpholine rings is 1. The molecule has 3 aromatic rings. The number of hydrogen-bond acceptors (Lipinski definition) is 9. The van der Waals surface area contributed by atoms with Crippen LogP contribution in [0, 0.1) is 18.3 Å². The van der Waals surface area contributed by atoms with Gasteiger partial charge < -0.3 is 25.0 Å². The maximum Gasteiger partial charge on any atom is 0.273 e. The topological polar surface area (TPSA) is 147 Å². The van der Waals surface area contributed by atoms with Gasteiger partial charge in [-0.3, -0.25) is 14.6 Å². The number of nitriles is 1. The third-order valence-corrected chi connectivity index (χ3v) is 6.49. The number of pyridine rings is 1. The zero-order chi connectivity index (χ0) is 26.5. The van der Waals surface area contributed by atoms with Crippen LogP contribution in [0.1, 0.15) is 44.9 Å². The quantitative estimate of drug-likeness (QED) is 0.480. The second-order valence-corrected chi connectivity index (χ2v) is 9.16. The number of nitrogens with one attached hydrogen (secondary N) is 2. The monoisotopic (exact) mass is 516 g/mol. The van der Waals surface area contributed by atoms with Crippen LogP contribution in [-0.4, -0.2) is 77.4 Å². The molecule has 1 aromatic carbocycles. The first-order valence-corrected chi connectivity index (χ1v) is 12.5. The lowest BCUT2D eigenvalue weighted by Gasteiger charge is -2.29. The molecule has 2 amide bonds. The van der Waals surface area contributed by atoms with Crippen LogP contribution in [0.3, 0.4) is 0 Å². The first kappa shape index (κ1) is 25.3. The maximum absolute atomic E-state index is 13.1. The highest BCUT2D eigenvalue weighted by Gasteiger charge is 2.19. The molecular weight excluding hydrogens is 488 g/mol. The van der Waals surface area contributed by atoms with Crippen molar-refractivity contribution in [2.24, 2.45) is 0 Å². The van der Waals surface area contributed by atoms with E-state index in [1.54, 1.807) is 37.4 Å². The zero-order valence-corrected chi connectivity index (χ0v) is 21.0. The molecule has 2 N–H and O–H groups in total. The van der Waals surface area contributed by atoms with Crippen molar-refractivity contribution < 1.29 is 19.1 Å². The predicted molar refractivity (Wildman–Crippen MR) is 137 cm³/mol. The van der Waals surface area contributed by atoms with Gasteiger partial charge in [-0.1, -0.05) is 5.21 Å². The molecule has 38 heavy (non-hydrogen) atoms. The van der Waals surface area contributed by atoms with Crippen molar-refractivity contribution in [1.82, 2.24) is 25.3 Å². The number of nitrogens with zero attached hydrogens (tertiary/aromatic N) is 6. The maximum atomic E-state index is 13.1. The summed E-state index contributed by atoms with van der Waals surface area (Å²) in [6, 6.07) is 8.93. The van der Waals surface area contributed by atoms with E-state index in [9.17, 15) is 14.9 Å². The van der Waals surface area contributed by atoms with Crippen LogP contribution in [-0.2, 0) is 9.47 Å². The van der Waals surface area contributed by atoms with E-state index in [-0.39, 0.29) is 23.6 Å². The fraction of sp³-hybridized carbons (Fsp3) is 0.385. The van der Waals surface area contributed by atoms with Gasteiger partial charge in [0.25, 0.3) is 11.8 Å². The summed E-state index contributed by atoms with van der Waals surface area (Å²) in [5.41, 5.74) is 3.36. The molecule has 12 heteroatoms. The summed E-state index contributed by atoms with van der Waals surface area (Å²) in [5, 5.41) is 23.2. The molecule has 4 heterocycles. The van der Waals surface area contributed by atoms with Crippen molar-refractivity contribution in [3.05, 3.63) is 59.2 Å². The second-order valence-electron chi connectivity index (χ2n) is 9.16. The summed E-state index contributed by atoms with van der Waals surface area (Å²) >= 11 is 0. The van der Waals surface area contributed by atoms with Gasteiger partial charge in [0.1, 0.15) is 0 Å². The third kappa shape index (κ3) is 5.80. The molecule has 12 nitrogen and oxygen atoms in total. The fourth-order valence-corrected chi connectivity index (χ4v) is 4.42. The fourth-order valence-electron chi connectivity index (χ4n) is 4.42. The van der Waals surface area contributed by atoms with Gasteiger partial charge in [0.15, 0.2) is 5.69 Å². The van der Waals surface area contributed by atoms with Crippen molar-refractivity contribution in [3.63, 3.8) is 0 Å². The number of benzene rings is 1. The number of rotatable bonds is 7. The summed E-state index contributed by atoms with van der Waals surface area (Å²) < 4.78 is 12.4. The Morgan fingerprint density at radius 1 is 1.16 bits per heavy atom. The molecule has 2 aliphatic heterocycles. The number of amides is 2. The molecule has 2 saturated heterocycles. The normalized spacial score (nSPS) is 17.2. The smallest absolute Gasteiger partial charge is 0.273 e. The highest BCUT2D eigenvalue weighted by molar-refractivity contribution is 6.05. The number of aryl methyl sites for hydroxylation is 1. The molecule has 1 unspecified atom stereocenters. The number of ether oxygens (including phenoxy) is 2. The number of carbonyl (C=O) groups excluding carboxylic acids is 2. The Morgan fingerprint density at radius 3 is 2.76 bits per heavy atom. The molecule has 196 valence electrons. The van der Waals surface area contributed by atoms with Gasteiger partial charge in [0, 0.05) is 37.5 Å². The van der Waals surface area contributed by atoms with Crippen molar-refractivity contribution in [3.8, 4) is 11.8 Å². The van der Waals surface area contributed by atoms with Crippen molar-refractivity contribution in [2.45, 2.75) is 25.9 Å². The lowest BCUT2D eigenvalue weighted by atomic mass is 10.1. The number of aromatic nitrogens is 4. The lowest BCUT2D eigenvalue weighted by Crippen LogP contribution is -2.36. The summed E-state index contributed by atoms with van der Waals surface area (Å²) in [6.07, 6.45) is 5.01. The standard InChI is InChI=1S/C26H28N8O4/c1-17-24(34-16-23(31-32-34)26(36)29-15-22-3-2-6-38-22)12-20(14-28-17)30-25(35)19-9-18(13-27)10-21(11-19)33-4-7-37-8-5-33/h9-12,14,16,22H,2-8,15H2,1H3,(H,29,36)(H,30,35). The van der Waals surface area contributed by atoms with E-state index in [0.29, 0.717) is 67.7 Å². The van der Waals surface area contributed by atoms with Crippen molar-refractivity contribution in [2.75, 3.05) is 49.7 Å². The summed E-state index contributed by atoms with van der Waals surface area (Å²) in [6.45, 7) is 5.50. The summed E-state index contributed by atoms with van der Waals surface area (Å²) in [5.74, 6) is -0.712. The Labute approximate surface area is 219 Å².